The third-order valence-electron chi connectivity index (χ3n) is 4.10. The van der Waals surface area contributed by atoms with Crippen LogP contribution in [0.2, 0.25) is 0 Å². The first-order valence-electron chi connectivity index (χ1n) is 8.75. The largest absolute Gasteiger partial charge is 0.494 e. The minimum atomic E-state index is 0.0499. The maximum absolute atomic E-state index is 5.80. The van der Waals surface area contributed by atoms with Crippen LogP contribution >= 0.6 is 12.2 Å². The van der Waals surface area contributed by atoms with Gasteiger partial charge >= 0.3 is 0 Å². The Kier molecular flexibility index (Phi) is 6.08. The van der Waals surface area contributed by atoms with Gasteiger partial charge in [0, 0.05) is 17.3 Å². The van der Waals surface area contributed by atoms with Crippen LogP contribution in [-0.2, 0) is 0 Å². The van der Waals surface area contributed by atoms with Crippen LogP contribution in [0.1, 0.15) is 12.5 Å². The molecule has 0 aliphatic heterocycles. The monoisotopic (exact) mass is 381 g/mol. The molecule has 1 heterocycles. The normalized spacial score (nSPS) is 11.7. The SMILES string of the molecule is COc1ccc(NC(=S)N[C@@H](C)COc2ccc(C)cc2)c2cccnc12. The second-order valence-electron chi connectivity index (χ2n) is 6.34. The molecule has 0 saturated carbocycles. The van der Waals surface area contributed by atoms with Crippen LogP contribution in [0.4, 0.5) is 5.69 Å². The Hall–Kier alpha value is -2.86. The van der Waals surface area contributed by atoms with Crippen molar-refractivity contribution in [2.45, 2.75) is 19.9 Å². The number of pyridine rings is 1. The Morgan fingerprint density at radius 3 is 2.67 bits per heavy atom. The van der Waals surface area contributed by atoms with Crippen LogP contribution in [0, 0.1) is 6.92 Å². The molecule has 1 atom stereocenters. The van der Waals surface area contributed by atoms with Crippen molar-refractivity contribution in [1.82, 2.24) is 10.3 Å². The number of hydrogen-bond donors (Lipinski definition) is 2. The highest BCUT2D eigenvalue weighted by Gasteiger charge is 2.10. The van der Waals surface area contributed by atoms with Gasteiger partial charge in [-0.25, -0.2) is 0 Å². The van der Waals surface area contributed by atoms with E-state index in [1.165, 1.54) is 5.56 Å². The first-order chi connectivity index (χ1) is 13.1. The summed E-state index contributed by atoms with van der Waals surface area (Å²) >= 11 is 5.46. The van der Waals surface area contributed by atoms with Gasteiger partial charge in [0.2, 0.25) is 0 Å². The summed E-state index contributed by atoms with van der Waals surface area (Å²) < 4.78 is 11.2. The summed E-state index contributed by atoms with van der Waals surface area (Å²) in [5, 5.41) is 7.97. The van der Waals surface area contributed by atoms with Crippen molar-refractivity contribution in [3.63, 3.8) is 0 Å². The molecule has 6 heteroatoms. The maximum atomic E-state index is 5.80. The van der Waals surface area contributed by atoms with E-state index in [0.717, 1.165) is 28.1 Å². The molecule has 1 aromatic heterocycles. The number of anilines is 1. The van der Waals surface area contributed by atoms with Gasteiger partial charge in [0.1, 0.15) is 23.6 Å². The average Bonchev–Trinajstić information content (AvgIpc) is 2.68. The molecule has 140 valence electrons. The number of aryl methyl sites for hydroxylation is 1. The van der Waals surface area contributed by atoms with Crippen molar-refractivity contribution in [3.8, 4) is 11.5 Å². The fraction of sp³-hybridized carbons (Fsp3) is 0.238. The zero-order valence-corrected chi connectivity index (χ0v) is 16.5. The molecule has 0 bridgehead atoms. The molecule has 0 unspecified atom stereocenters. The molecule has 0 aliphatic carbocycles. The van der Waals surface area contributed by atoms with Crippen molar-refractivity contribution >= 4 is 33.9 Å². The molecule has 2 aromatic carbocycles. The van der Waals surface area contributed by atoms with E-state index < -0.39 is 0 Å². The molecule has 3 aromatic rings. The second-order valence-corrected chi connectivity index (χ2v) is 6.75. The van der Waals surface area contributed by atoms with Crippen LogP contribution in [0.25, 0.3) is 10.9 Å². The van der Waals surface area contributed by atoms with Crippen molar-refractivity contribution in [2.24, 2.45) is 0 Å². The molecular weight excluding hydrogens is 358 g/mol. The molecule has 0 radical (unpaired) electrons. The van der Waals surface area contributed by atoms with Crippen molar-refractivity contribution < 1.29 is 9.47 Å². The minimum absolute atomic E-state index is 0.0499. The number of fused-ring (bicyclic) bond motifs is 1. The van der Waals surface area contributed by atoms with Crippen LogP contribution < -0.4 is 20.1 Å². The van der Waals surface area contributed by atoms with Gasteiger partial charge < -0.3 is 20.1 Å². The summed E-state index contributed by atoms with van der Waals surface area (Å²) in [7, 11) is 1.64. The molecular formula is C21H23N3O2S. The lowest BCUT2D eigenvalue weighted by Crippen LogP contribution is -2.39. The van der Waals surface area contributed by atoms with E-state index in [1.54, 1.807) is 13.3 Å². The summed E-state index contributed by atoms with van der Waals surface area (Å²) in [6.45, 7) is 4.59. The Balaban J connectivity index is 1.60. The zero-order chi connectivity index (χ0) is 19.2. The Morgan fingerprint density at radius 2 is 1.93 bits per heavy atom. The van der Waals surface area contributed by atoms with E-state index in [0.29, 0.717) is 11.7 Å². The number of hydrogen-bond acceptors (Lipinski definition) is 4. The van der Waals surface area contributed by atoms with Crippen LogP contribution in [0.5, 0.6) is 11.5 Å². The topological polar surface area (TPSA) is 55.4 Å². The molecule has 0 fully saturated rings. The van der Waals surface area contributed by atoms with Crippen LogP contribution in [0.3, 0.4) is 0 Å². The molecule has 5 nitrogen and oxygen atoms in total. The van der Waals surface area contributed by atoms with Crippen molar-refractivity contribution in [2.75, 3.05) is 19.0 Å². The molecule has 0 spiro atoms. The van der Waals surface area contributed by atoms with E-state index in [1.807, 2.05) is 55.5 Å². The lowest BCUT2D eigenvalue weighted by atomic mass is 10.1. The predicted octanol–water partition coefficient (Wildman–Crippen LogP) is 4.31. The summed E-state index contributed by atoms with van der Waals surface area (Å²) in [6.07, 6.45) is 1.75. The highest BCUT2D eigenvalue weighted by molar-refractivity contribution is 7.80. The summed E-state index contributed by atoms with van der Waals surface area (Å²) in [4.78, 5) is 4.40. The number of benzene rings is 2. The minimum Gasteiger partial charge on any atom is -0.494 e. The highest BCUT2D eigenvalue weighted by atomic mass is 32.1. The van der Waals surface area contributed by atoms with E-state index in [2.05, 4.69) is 22.5 Å². The number of ether oxygens (including phenoxy) is 2. The Labute approximate surface area is 164 Å². The van der Waals surface area contributed by atoms with Gasteiger partial charge in [0.15, 0.2) is 5.11 Å². The number of nitrogens with zero attached hydrogens (tertiary/aromatic N) is 1. The van der Waals surface area contributed by atoms with Crippen LogP contribution in [-0.4, -0.2) is 29.9 Å². The first kappa shape index (κ1) is 18.9. The van der Waals surface area contributed by atoms with E-state index >= 15 is 0 Å². The highest BCUT2D eigenvalue weighted by Crippen LogP contribution is 2.29. The molecule has 3 rings (SSSR count). The zero-order valence-electron chi connectivity index (χ0n) is 15.7. The first-order valence-corrected chi connectivity index (χ1v) is 9.16. The summed E-state index contributed by atoms with van der Waals surface area (Å²) in [5.41, 5.74) is 2.88. The van der Waals surface area contributed by atoms with Crippen molar-refractivity contribution in [3.05, 3.63) is 60.3 Å². The fourth-order valence-electron chi connectivity index (χ4n) is 2.70. The Morgan fingerprint density at radius 1 is 1.15 bits per heavy atom. The van der Waals surface area contributed by atoms with Gasteiger partial charge in [-0.2, -0.15) is 0 Å². The quantitative estimate of drug-likeness (QED) is 0.621. The molecule has 2 N–H and O–H groups in total. The van der Waals surface area contributed by atoms with Gasteiger partial charge in [0.05, 0.1) is 13.2 Å². The summed E-state index contributed by atoms with van der Waals surface area (Å²) in [6, 6.07) is 15.7. The molecule has 0 aliphatic rings. The van der Waals surface area contributed by atoms with E-state index in [9.17, 15) is 0 Å². The number of methoxy groups -OCH3 is 1. The van der Waals surface area contributed by atoms with Gasteiger partial charge in [-0.05, 0) is 62.5 Å². The number of nitrogens with one attached hydrogen (secondary N) is 2. The standard InChI is InChI=1S/C21H23N3O2S/c1-14-6-8-16(9-7-14)26-13-15(2)23-21(27)24-18-10-11-19(25-3)20-17(18)5-4-12-22-20/h4-12,15H,13H2,1-3H3,(H2,23,24,27)/t15-/m0/s1. The maximum Gasteiger partial charge on any atom is 0.171 e. The van der Waals surface area contributed by atoms with E-state index in [4.69, 9.17) is 21.7 Å². The second kappa shape index (κ2) is 8.68. The smallest absolute Gasteiger partial charge is 0.171 e. The van der Waals surface area contributed by atoms with Gasteiger partial charge in [-0.3, -0.25) is 4.98 Å². The fourth-order valence-corrected chi connectivity index (χ4v) is 3.01. The number of aromatic nitrogens is 1. The van der Waals surface area contributed by atoms with E-state index in [-0.39, 0.29) is 6.04 Å². The summed E-state index contributed by atoms with van der Waals surface area (Å²) in [5.74, 6) is 1.58. The molecule has 27 heavy (non-hydrogen) atoms. The Bertz CT molecular complexity index is 928. The lowest BCUT2D eigenvalue weighted by molar-refractivity contribution is 0.287. The van der Waals surface area contributed by atoms with Gasteiger partial charge in [-0.1, -0.05) is 17.7 Å². The van der Waals surface area contributed by atoms with Gasteiger partial charge in [0.25, 0.3) is 0 Å². The third kappa shape index (κ3) is 4.86. The third-order valence-corrected chi connectivity index (χ3v) is 4.32. The lowest BCUT2D eigenvalue weighted by Gasteiger charge is -2.18. The predicted molar refractivity (Wildman–Crippen MR) is 114 cm³/mol. The van der Waals surface area contributed by atoms with Crippen molar-refractivity contribution in [1.29, 1.82) is 0 Å². The molecule has 0 saturated heterocycles. The number of rotatable bonds is 6. The van der Waals surface area contributed by atoms with Gasteiger partial charge in [-0.15, -0.1) is 0 Å². The average molecular weight is 382 g/mol. The molecule has 0 amide bonds. The van der Waals surface area contributed by atoms with Crippen LogP contribution in [0.15, 0.2) is 54.7 Å². The number of thiocarbonyl (C=S) groups is 1.